The van der Waals surface area contributed by atoms with Crippen LogP contribution in [0, 0.1) is 6.92 Å². The Hall–Kier alpha value is -1.33. The Morgan fingerprint density at radius 2 is 2.50 bits per heavy atom. The average molecular weight is 224 g/mol. The van der Waals surface area contributed by atoms with Gasteiger partial charge in [0.15, 0.2) is 0 Å². The minimum absolute atomic E-state index is 0.0152. The molecule has 1 aromatic rings. The zero-order valence-electron chi connectivity index (χ0n) is 9.31. The molecule has 0 aromatic carbocycles. The second-order valence-electron chi connectivity index (χ2n) is 3.93. The minimum Gasteiger partial charge on any atom is -0.469 e. The van der Waals surface area contributed by atoms with Crippen molar-refractivity contribution < 1.29 is 13.9 Å². The van der Waals surface area contributed by atoms with Gasteiger partial charge in [0.2, 0.25) is 0 Å². The summed E-state index contributed by atoms with van der Waals surface area (Å²) in [6.45, 7) is 3.97. The number of rotatable bonds is 2. The van der Waals surface area contributed by atoms with Crippen LogP contribution in [0.25, 0.3) is 0 Å². The Bertz CT molecular complexity index is 375. The molecule has 1 atom stereocenters. The highest BCUT2D eigenvalue weighted by Gasteiger charge is 2.24. The highest BCUT2D eigenvalue weighted by molar-refractivity contribution is 5.94. The first-order valence-electron chi connectivity index (χ1n) is 5.37. The first kappa shape index (κ1) is 11.2. The topological polar surface area (TPSA) is 68.7 Å². The van der Waals surface area contributed by atoms with Crippen molar-refractivity contribution in [1.29, 1.82) is 0 Å². The molecule has 1 aliphatic rings. The monoisotopic (exact) mass is 224 g/mol. The van der Waals surface area contributed by atoms with Crippen LogP contribution in [0.15, 0.2) is 16.7 Å². The van der Waals surface area contributed by atoms with Gasteiger partial charge in [-0.25, -0.2) is 0 Å². The maximum Gasteiger partial charge on any atom is 0.257 e. The van der Waals surface area contributed by atoms with Crippen molar-refractivity contribution in [1.82, 2.24) is 4.90 Å². The van der Waals surface area contributed by atoms with Gasteiger partial charge < -0.3 is 19.8 Å². The molecule has 5 nitrogen and oxygen atoms in total. The molecule has 0 aliphatic carbocycles. The van der Waals surface area contributed by atoms with Crippen LogP contribution < -0.4 is 5.73 Å². The number of hydrogen-bond acceptors (Lipinski definition) is 4. The van der Waals surface area contributed by atoms with E-state index in [2.05, 4.69) is 0 Å². The molecule has 1 saturated heterocycles. The van der Waals surface area contributed by atoms with Crippen LogP contribution in [-0.4, -0.2) is 43.2 Å². The number of morpholine rings is 1. The van der Waals surface area contributed by atoms with Crippen molar-refractivity contribution in [2.24, 2.45) is 5.73 Å². The van der Waals surface area contributed by atoms with Gasteiger partial charge >= 0.3 is 0 Å². The molecule has 1 aliphatic heterocycles. The maximum atomic E-state index is 12.0. The Balaban J connectivity index is 2.04. The molecule has 1 aromatic heterocycles. The van der Waals surface area contributed by atoms with E-state index >= 15 is 0 Å². The maximum absolute atomic E-state index is 12.0. The zero-order valence-corrected chi connectivity index (χ0v) is 9.31. The lowest BCUT2D eigenvalue weighted by atomic mass is 10.2. The van der Waals surface area contributed by atoms with E-state index in [4.69, 9.17) is 14.9 Å². The quantitative estimate of drug-likeness (QED) is 0.789. The van der Waals surface area contributed by atoms with Crippen LogP contribution >= 0.6 is 0 Å². The Morgan fingerprint density at radius 3 is 3.12 bits per heavy atom. The van der Waals surface area contributed by atoms with E-state index in [1.807, 2.05) is 6.92 Å². The molecule has 5 heteroatoms. The summed E-state index contributed by atoms with van der Waals surface area (Å²) >= 11 is 0. The highest BCUT2D eigenvalue weighted by atomic mass is 16.5. The second-order valence-corrected chi connectivity index (χ2v) is 3.93. The lowest BCUT2D eigenvalue weighted by Crippen LogP contribution is -2.48. The van der Waals surface area contributed by atoms with Gasteiger partial charge in [0.1, 0.15) is 12.0 Å². The van der Waals surface area contributed by atoms with E-state index in [-0.39, 0.29) is 12.0 Å². The molecule has 1 fully saturated rings. The van der Waals surface area contributed by atoms with Gasteiger partial charge in [-0.3, -0.25) is 4.79 Å². The molecule has 1 amide bonds. The van der Waals surface area contributed by atoms with Crippen molar-refractivity contribution in [3.8, 4) is 0 Å². The van der Waals surface area contributed by atoms with Gasteiger partial charge in [-0.05, 0) is 13.0 Å². The smallest absolute Gasteiger partial charge is 0.257 e. The number of furan rings is 1. The fraction of sp³-hybridized carbons (Fsp3) is 0.545. The first-order chi connectivity index (χ1) is 7.70. The number of hydrogen-bond donors (Lipinski definition) is 1. The van der Waals surface area contributed by atoms with Crippen molar-refractivity contribution in [3.05, 3.63) is 23.7 Å². The second kappa shape index (κ2) is 4.67. The minimum atomic E-state index is -0.0503. The lowest BCUT2D eigenvalue weighted by molar-refractivity contribution is -0.0167. The molecule has 0 saturated carbocycles. The third kappa shape index (κ3) is 2.25. The number of aryl methyl sites for hydroxylation is 1. The number of nitrogens with two attached hydrogens (primary N) is 1. The van der Waals surface area contributed by atoms with Gasteiger partial charge in [-0.15, -0.1) is 0 Å². The van der Waals surface area contributed by atoms with E-state index in [1.165, 1.54) is 6.26 Å². The van der Waals surface area contributed by atoms with Gasteiger partial charge in [0.25, 0.3) is 5.91 Å². The predicted octanol–water partition coefficient (Wildman–Crippen LogP) is 0.388. The summed E-state index contributed by atoms with van der Waals surface area (Å²) in [5.41, 5.74) is 6.12. The van der Waals surface area contributed by atoms with Gasteiger partial charge in [0.05, 0.1) is 18.3 Å². The fourth-order valence-electron chi connectivity index (χ4n) is 1.78. The summed E-state index contributed by atoms with van der Waals surface area (Å²) in [4.78, 5) is 13.8. The summed E-state index contributed by atoms with van der Waals surface area (Å²) in [5, 5.41) is 0. The van der Waals surface area contributed by atoms with E-state index in [1.54, 1.807) is 11.0 Å². The summed E-state index contributed by atoms with van der Waals surface area (Å²) in [6.07, 6.45) is 1.44. The van der Waals surface area contributed by atoms with E-state index in [0.717, 1.165) is 5.76 Å². The van der Waals surface area contributed by atoms with Crippen molar-refractivity contribution in [3.63, 3.8) is 0 Å². The van der Waals surface area contributed by atoms with Crippen LogP contribution in [0.3, 0.4) is 0 Å². The number of ether oxygens (including phenoxy) is 1. The molecule has 88 valence electrons. The Labute approximate surface area is 94.1 Å². The average Bonchev–Trinajstić information content (AvgIpc) is 2.75. The largest absolute Gasteiger partial charge is 0.469 e. The lowest BCUT2D eigenvalue weighted by Gasteiger charge is -2.32. The van der Waals surface area contributed by atoms with Gasteiger partial charge in [-0.1, -0.05) is 0 Å². The van der Waals surface area contributed by atoms with Crippen LogP contribution in [-0.2, 0) is 4.74 Å². The molecule has 2 rings (SSSR count). The van der Waals surface area contributed by atoms with E-state index in [9.17, 15) is 4.79 Å². The summed E-state index contributed by atoms with van der Waals surface area (Å²) in [5.74, 6) is 0.727. The molecular formula is C11H16N2O3. The van der Waals surface area contributed by atoms with Crippen molar-refractivity contribution >= 4 is 5.91 Å². The summed E-state index contributed by atoms with van der Waals surface area (Å²) in [7, 11) is 0. The Kier molecular flexibility index (Phi) is 3.26. The van der Waals surface area contributed by atoms with E-state index in [0.29, 0.717) is 31.8 Å². The molecule has 2 N–H and O–H groups in total. The van der Waals surface area contributed by atoms with Crippen molar-refractivity contribution in [2.75, 3.05) is 26.2 Å². The first-order valence-corrected chi connectivity index (χ1v) is 5.37. The molecule has 0 spiro atoms. The summed E-state index contributed by atoms with van der Waals surface area (Å²) in [6, 6.07) is 1.75. The van der Waals surface area contributed by atoms with Crippen molar-refractivity contribution in [2.45, 2.75) is 13.0 Å². The Morgan fingerprint density at radius 1 is 1.69 bits per heavy atom. The van der Waals surface area contributed by atoms with Gasteiger partial charge in [-0.2, -0.15) is 0 Å². The molecule has 16 heavy (non-hydrogen) atoms. The fourth-order valence-corrected chi connectivity index (χ4v) is 1.78. The predicted molar refractivity (Wildman–Crippen MR) is 58.1 cm³/mol. The van der Waals surface area contributed by atoms with Crippen LogP contribution in [0.5, 0.6) is 0 Å². The van der Waals surface area contributed by atoms with Crippen LogP contribution in [0.4, 0.5) is 0 Å². The summed E-state index contributed by atoms with van der Waals surface area (Å²) < 4.78 is 10.5. The SMILES string of the molecule is Cc1cc(C(=O)N2CCOC(CN)C2)co1. The highest BCUT2D eigenvalue weighted by Crippen LogP contribution is 2.12. The molecular weight excluding hydrogens is 208 g/mol. The normalized spacial score (nSPS) is 21.1. The third-order valence-corrected chi connectivity index (χ3v) is 2.67. The molecule has 1 unspecified atom stereocenters. The van der Waals surface area contributed by atoms with Crippen LogP contribution in [0.1, 0.15) is 16.1 Å². The number of amides is 1. The number of carbonyl (C=O) groups excluding carboxylic acids is 1. The number of carbonyl (C=O) groups is 1. The van der Waals surface area contributed by atoms with Crippen LogP contribution in [0.2, 0.25) is 0 Å². The zero-order chi connectivity index (χ0) is 11.5. The number of nitrogens with zero attached hydrogens (tertiary/aromatic N) is 1. The van der Waals surface area contributed by atoms with E-state index < -0.39 is 0 Å². The molecule has 0 bridgehead atoms. The standard InChI is InChI=1S/C11H16N2O3/c1-8-4-9(7-16-8)11(14)13-2-3-15-10(5-12)6-13/h4,7,10H,2-3,5-6,12H2,1H3. The van der Waals surface area contributed by atoms with Gasteiger partial charge in [0, 0.05) is 19.6 Å². The molecule has 0 radical (unpaired) electrons. The third-order valence-electron chi connectivity index (χ3n) is 2.67. The molecule has 2 heterocycles.